The molecule has 0 fully saturated rings. The molecule has 1 rings (SSSR count). The van der Waals surface area contributed by atoms with Gasteiger partial charge in [0, 0.05) is 19.7 Å². The number of nitro groups is 1. The lowest BCUT2D eigenvalue weighted by atomic mass is 10.1. The molecule has 0 saturated heterocycles. The number of nitro benzene ring substituents is 1. The number of carboxylic acids is 1. The number of hydrogen-bond donors (Lipinski definition) is 2. The van der Waals surface area contributed by atoms with Gasteiger partial charge in [0.25, 0.3) is 5.69 Å². The minimum atomic E-state index is -1.28. The van der Waals surface area contributed by atoms with Crippen LogP contribution in [0, 0.1) is 10.1 Å². The number of carbonyl (C=O) groups excluding carboxylic acids is 1. The fourth-order valence-corrected chi connectivity index (χ4v) is 1.87. The molecule has 1 amide bonds. The van der Waals surface area contributed by atoms with Gasteiger partial charge in [-0.3, -0.25) is 14.9 Å². The largest absolute Gasteiger partial charge is 0.478 e. The molecule has 0 heterocycles. The number of amides is 1. The number of carboxylic acid groups (broad SMARTS) is 1. The summed E-state index contributed by atoms with van der Waals surface area (Å²) in [5.41, 5.74) is -0.641. The third kappa shape index (κ3) is 4.16. The summed E-state index contributed by atoms with van der Waals surface area (Å²) in [5.74, 6) is -1.61. The molecule has 0 spiro atoms. The maximum absolute atomic E-state index is 11.7. The highest BCUT2D eigenvalue weighted by molar-refractivity contribution is 5.98. The molecule has 0 aliphatic heterocycles. The van der Waals surface area contributed by atoms with E-state index in [2.05, 4.69) is 5.32 Å². The summed E-state index contributed by atoms with van der Waals surface area (Å²) in [5, 5.41) is 22.8. The van der Waals surface area contributed by atoms with Crippen molar-refractivity contribution in [2.24, 2.45) is 0 Å². The lowest BCUT2D eigenvalue weighted by Gasteiger charge is -2.20. The molecular weight excluding hydrogens is 278 g/mol. The maximum atomic E-state index is 11.7. The first kappa shape index (κ1) is 16.4. The van der Waals surface area contributed by atoms with E-state index in [1.807, 2.05) is 6.92 Å². The molecule has 0 aromatic heterocycles. The Morgan fingerprint density at radius 1 is 1.43 bits per heavy atom. The van der Waals surface area contributed by atoms with E-state index in [1.54, 1.807) is 0 Å². The minimum Gasteiger partial charge on any atom is -0.478 e. The summed E-state index contributed by atoms with van der Waals surface area (Å²) in [6.45, 7) is 2.23. The smallest absolute Gasteiger partial charge is 0.338 e. The summed E-state index contributed by atoms with van der Waals surface area (Å²) in [6.07, 6.45) is 0.765. The Labute approximate surface area is 121 Å². The minimum absolute atomic E-state index is 0.0818. The van der Waals surface area contributed by atoms with Crippen molar-refractivity contribution in [3.05, 3.63) is 33.9 Å². The van der Waals surface area contributed by atoms with Crippen LogP contribution < -0.4 is 10.2 Å². The van der Waals surface area contributed by atoms with E-state index in [9.17, 15) is 19.7 Å². The molecule has 0 aliphatic rings. The van der Waals surface area contributed by atoms with Gasteiger partial charge in [-0.1, -0.05) is 13.0 Å². The van der Waals surface area contributed by atoms with Crippen LogP contribution in [0.3, 0.4) is 0 Å². The molecule has 114 valence electrons. The van der Waals surface area contributed by atoms with Crippen molar-refractivity contribution in [3.8, 4) is 0 Å². The Bertz CT molecular complexity index is 526. The summed E-state index contributed by atoms with van der Waals surface area (Å²) in [6, 6.07) is 3.78. The van der Waals surface area contributed by atoms with Gasteiger partial charge in [-0.05, 0) is 12.5 Å². The summed E-state index contributed by atoms with van der Waals surface area (Å²) < 4.78 is 0. The second kappa shape index (κ2) is 7.22. The van der Waals surface area contributed by atoms with Crippen LogP contribution in [-0.4, -0.2) is 42.0 Å². The van der Waals surface area contributed by atoms with Crippen LogP contribution in [0.4, 0.5) is 11.4 Å². The number of carbonyl (C=O) groups is 2. The van der Waals surface area contributed by atoms with E-state index in [0.717, 1.165) is 6.42 Å². The Kier molecular flexibility index (Phi) is 5.65. The average Bonchev–Trinajstić information content (AvgIpc) is 2.43. The van der Waals surface area contributed by atoms with E-state index in [-0.39, 0.29) is 29.4 Å². The Morgan fingerprint density at radius 2 is 2.10 bits per heavy atom. The maximum Gasteiger partial charge on any atom is 0.338 e. The zero-order valence-electron chi connectivity index (χ0n) is 11.8. The fraction of sp³-hybridized carbons (Fsp3) is 0.385. The monoisotopic (exact) mass is 295 g/mol. The van der Waals surface area contributed by atoms with Crippen LogP contribution in [0.25, 0.3) is 0 Å². The van der Waals surface area contributed by atoms with Crippen LogP contribution in [-0.2, 0) is 4.79 Å². The van der Waals surface area contributed by atoms with Crippen LogP contribution in [0.1, 0.15) is 23.7 Å². The molecule has 8 nitrogen and oxygen atoms in total. The van der Waals surface area contributed by atoms with Gasteiger partial charge in [-0.2, -0.15) is 0 Å². The molecule has 1 aromatic rings. The van der Waals surface area contributed by atoms with Crippen LogP contribution in [0.2, 0.25) is 0 Å². The van der Waals surface area contributed by atoms with Gasteiger partial charge >= 0.3 is 5.97 Å². The first-order valence-electron chi connectivity index (χ1n) is 6.37. The third-order valence-corrected chi connectivity index (χ3v) is 2.78. The Morgan fingerprint density at radius 3 is 2.62 bits per heavy atom. The lowest BCUT2D eigenvalue weighted by molar-refractivity contribution is -0.384. The summed E-state index contributed by atoms with van der Waals surface area (Å²) >= 11 is 0. The van der Waals surface area contributed by atoms with E-state index in [4.69, 9.17) is 5.11 Å². The third-order valence-electron chi connectivity index (χ3n) is 2.78. The second-order valence-electron chi connectivity index (χ2n) is 4.44. The zero-order chi connectivity index (χ0) is 16.0. The molecule has 8 heteroatoms. The molecule has 0 bridgehead atoms. The number of nitrogens with one attached hydrogen (secondary N) is 1. The fourth-order valence-electron chi connectivity index (χ4n) is 1.87. The normalized spacial score (nSPS) is 10.0. The van der Waals surface area contributed by atoms with Gasteiger partial charge < -0.3 is 15.3 Å². The standard InChI is InChI=1S/C13H17N3O5/c1-3-7-14-11(17)8-15(2)12-9(13(18)19)5-4-6-10(12)16(20)21/h4-6H,3,7-8H2,1-2H3,(H,14,17)(H,18,19). The van der Waals surface area contributed by atoms with Gasteiger partial charge in [-0.15, -0.1) is 0 Å². The van der Waals surface area contributed by atoms with Crippen LogP contribution in [0.5, 0.6) is 0 Å². The number of benzene rings is 1. The number of aromatic carboxylic acids is 1. The van der Waals surface area contributed by atoms with Gasteiger partial charge in [0.05, 0.1) is 17.0 Å². The SMILES string of the molecule is CCCNC(=O)CN(C)c1c(C(=O)O)cccc1[N+](=O)[O-]. The van der Waals surface area contributed by atoms with Crippen molar-refractivity contribution in [3.63, 3.8) is 0 Å². The molecule has 2 N–H and O–H groups in total. The molecule has 21 heavy (non-hydrogen) atoms. The predicted molar refractivity (Wildman–Crippen MR) is 76.6 cm³/mol. The van der Waals surface area contributed by atoms with Crippen molar-refractivity contribution in [1.82, 2.24) is 5.32 Å². The van der Waals surface area contributed by atoms with E-state index >= 15 is 0 Å². The number of nitrogens with zero attached hydrogens (tertiary/aromatic N) is 2. The van der Waals surface area contributed by atoms with E-state index in [1.165, 1.54) is 30.1 Å². The first-order chi connectivity index (χ1) is 9.88. The molecular formula is C13H17N3O5. The second-order valence-corrected chi connectivity index (χ2v) is 4.44. The van der Waals surface area contributed by atoms with Crippen molar-refractivity contribution in [2.75, 3.05) is 25.0 Å². The molecule has 1 aromatic carbocycles. The van der Waals surface area contributed by atoms with Crippen molar-refractivity contribution in [1.29, 1.82) is 0 Å². The average molecular weight is 295 g/mol. The molecule has 0 unspecified atom stereocenters. The summed E-state index contributed by atoms with van der Waals surface area (Å²) in [7, 11) is 1.44. The van der Waals surface area contributed by atoms with Crippen molar-refractivity contribution < 1.29 is 19.6 Å². The van der Waals surface area contributed by atoms with Gasteiger partial charge in [-0.25, -0.2) is 4.79 Å². The highest BCUT2D eigenvalue weighted by atomic mass is 16.6. The van der Waals surface area contributed by atoms with Crippen molar-refractivity contribution in [2.45, 2.75) is 13.3 Å². The topological polar surface area (TPSA) is 113 Å². The number of likely N-dealkylation sites (N-methyl/N-ethyl adjacent to an activating group) is 1. The van der Waals surface area contributed by atoms with E-state index in [0.29, 0.717) is 6.54 Å². The first-order valence-corrected chi connectivity index (χ1v) is 6.37. The number of hydrogen-bond acceptors (Lipinski definition) is 5. The van der Waals surface area contributed by atoms with E-state index < -0.39 is 10.9 Å². The number of rotatable bonds is 7. The Balaban J connectivity index is 3.11. The molecule has 0 saturated carbocycles. The van der Waals surface area contributed by atoms with Crippen molar-refractivity contribution >= 4 is 23.3 Å². The van der Waals surface area contributed by atoms with Crippen LogP contribution in [0.15, 0.2) is 18.2 Å². The molecule has 0 radical (unpaired) electrons. The quantitative estimate of drug-likeness (QED) is 0.578. The zero-order valence-corrected chi connectivity index (χ0v) is 11.8. The summed E-state index contributed by atoms with van der Waals surface area (Å²) in [4.78, 5) is 34.5. The number of para-hydroxylation sites is 1. The van der Waals surface area contributed by atoms with Crippen LogP contribution >= 0.6 is 0 Å². The number of anilines is 1. The molecule has 0 atom stereocenters. The van der Waals surface area contributed by atoms with Gasteiger partial charge in [0.15, 0.2) is 0 Å². The lowest BCUT2D eigenvalue weighted by Crippen LogP contribution is -2.36. The van der Waals surface area contributed by atoms with Gasteiger partial charge in [0.2, 0.25) is 5.91 Å². The van der Waals surface area contributed by atoms with Gasteiger partial charge in [0.1, 0.15) is 5.69 Å². The highest BCUT2D eigenvalue weighted by Gasteiger charge is 2.25. The predicted octanol–water partition coefficient (Wildman–Crippen LogP) is 1.26. The molecule has 0 aliphatic carbocycles. The Hall–Kier alpha value is -2.64. The highest BCUT2D eigenvalue weighted by Crippen LogP contribution is 2.31.